The van der Waals surface area contributed by atoms with Crippen molar-refractivity contribution in [3.63, 3.8) is 0 Å². The number of carbonyl (C=O) groups excluding carboxylic acids is 1. The molecule has 0 saturated heterocycles. The highest BCUT2D eigenvalue weighted by Gasteiger charge is 2.22. The lowest BCUT2D eigenvalue weighted by Gasteiger charge is -2.22. The van der Waals surface area contributed by atoms with Gasteiger partial charge in [-0.2, -0.15) is 0 Å². The minimum atomic E-state index is -0.398. The first-order valence-electron chi connectivity index (χ1n) is 9.30. The summed E-state index contributed by atoms with van der Waals surface area (Å²) in [5.74, 6) is 1.16. The highest BCUT2D eigenvalue weighted by Crippen LogP contribution is 2.23. The van der Waals surface area contributed by atoms with E-state index in [1.165, 1.54) is 5.56 Å². The minimum absolute atomic E-state index is 0.0835. The molecule has 3 rings (SSSR count). The topological polar surface area (TPSA) is 54.3 Å². The van der Waals surface area contributed by atoms with Gasteiger partial charge in [-0.25, -0.2) is 0 Å². The lowest BCUT2D eigenvalue weighted by atomic mass is 10.0. The Morgan fingerprint density at radius 2 is 1.56 bits per heavy atom. The van der Waals surface area contributed by atoms with Gasteiger partial charge in [0, 0.05) is 5.69 Å². The predicted molar refractivity (Wildman–Crippen MR) is 109 cm³/mol. The number of anilines is 1. The van der Waals surface area contributed by atoms with E-state index in [0.29, 0.717) is 5.92 Å². The molecule has 1 aromatic heterocycles. The highest BCUT2D eigenvalue weighted by atomic mass is 16.3. The van der Waals surface area contributed by atoms with Gasteiger partial charge in [-0.05, 0) is 48.2 Å². The summed E-state index contributed by atoms with van der Waals surface area (Å²) in [4.78, 5) is 12.7. The standard InChI is InChI=1S/C23H26N2O2/c1-16(2)18-11-13-20(14-12-18)25-23(26)17(3)24-22(21-10-7-15-27-21)19-8-5-4-6-9-19/h4-17,22,24H,1-3H3,(H,25,26)/t17-,22+/m1/s1. The third kappa shape index (κ3) is 4.86. The Kier molecular flexibility index (Phi) is 6.09. The van der Waals surface area contributed by atoms with Crippen molar-refractivity contribution < 1.29 is 9.21 Å². The molecule has 0 saturated carbocycles. The van der Waals surface area contributed by atoms with Crippen molar-refractivity contribution in [2.75, 3.05) is 5.32 Å². The first kappa shape index (κ1) is 18.9. The van der Waals surface area contributed by atoms with Gasteiger partial charge in [0.2, 0.25) is 5.91 Å². The maximum absolute atomic E-state index is 12.7. The Morgan fingerprint density at radius 1 is 0.852 bits per heavy atom. The van der Waals surface area contributed by atoms with Crippen molar-refractivity contribution in [1.29, 1.82) is 0 Å². The molecule has 2 aromatic carbocycles. The summed E-state index contributed by atoms with van der Waals surface area (Å²) in [5.41, 5.74) is 3.10. The molecule has 0 unspecified atom stereocenters. The Balaban J connectivity index is 1.70. The van der Waals surface area contributed by atoms with Crippen LogP contribution in [0.3, 0.4) is 0 Å². The van der Waals surface area contributed by atoms with Crippen molar-refractivity contribution in [1.82, 2.24) is 5.32 Å². The quantitative estimate of drug-likeness (QED) is 0.614. The molecule has 0 aliphatic heterocycles. The number of furan rings is 1. The molecule has 140 valence electrons. The number of hydrogen-bond acceptors (Lipinski definition) is 3. The van der Waals surface area contributed by atoms with Crippen molar-refractivity contribution >= 4 is 11.6 Å². The van der Waals surface area contributed by atoms with Gasteiger partial charge in [0.1, 0.15) is 5.76 Å². The van der Waals surface area contributed by atoms with Crippen LogP contribution in [-0.4, -0.2) is 11.9 Å². The van der Waals surface area contributed by atoms with E-state index in [1.807, 2.05) is 73.7 Å². The molecule has 4 nitrogen and oxygen atoms in total. The smallest absolute Gasteiger partial charge is 0.241 e. The summed E-state index contributed by atoms with van der Waals surface area (Å²) < 4.78 is 5.59. The van der Waals surface area contributed by atoms with Crippen molar-refractivity contribution in [3.05, 3.63) is 89.9 Å². The Hall–Kier alpha value is -2.85. The predicted octanol–water partition coefficient (Wildman–Crippen LogP) is 5.11. The first-order valence-corrected chi connectivity index (χ1v) is 9.30. The van der Waals surface area contributed by atoms with Gasteiger partial charge in [-0.1, -0.05) is 56.3 Å². The molecule has 0 fully saturated rings. The van der Waals surface area contributed by atoms with E-state index in [-0.39, 0.29) is 11.9 Å². The van der Waals surface area contributed by atoms with E-state index >= 15 is 0 Å². The number of carbonyl (C=O) groups is 1. The molecule has 2 atom stereocenters. The third-order valence-electron chi connectivity index (χ3n) is 4.62. The molecule has 0 spiro atoms. The van der Waals surface area contributed by atoms with E-state index < -0.39 is 6.04 Å². The van der Waals surface area contributed by atoms with Crippen LogP contribution in [0.1, 0.15) is 49.6 Å². The number of hydrogen-bond donors (Lipinski definition) is 2. The summed E-state index contributed by atoms with van der Waals surface area (Å²) in [7, 11) is 0. The van der Waals surface area contributed by atoms with Crippen LogP contribution in [0.5, 0.6) is 0 Å². The van der Waals surface area contributed by atoms with Gasteiger partial charge in [0.15, 0.2) is 0 Å². The fourth-order valence-electron chi connectivity index (χ4n) is 2.97. The normalized spacial score (nSPS) is 13.3. The number of benzene rings is 2. The van der Waals surface area contributed by atoms with Gasteiger partial charge in [0.25, 0.3) is 0 Å². The zero-order valence-corrected chi connectivity index (χ0v) is 16.0. The van der Waals surface area contributed by atoms with Gasteiger partial charge >= 0.3 is 0 Å². The molecular weight excluding hydrogens is 336 g/mol. The van der Waals surface area contributed by atoms with Crippen LogP contribution in [-0.2, 0) is 4.79 Å². The Morgan fingerprint density at radius 3 is 2.15 bits per heavy atom. The van der Waals surface area contributed by atoms with Gasteiger partial charge in [0.05, 0.1) is 18.3 Å². The molecule has 1 amide bonds. The zero-order valence-electron chi connectivity index (χ0n) is 16.0. The molecular formula is C23H26N2O2. The van der Waals surface area contributed by atoms with E-state index in [1.54, 1.807) is 6.26 Å². The molecule has 4 heteroatoms. The molecule has 0 radical (unpaired) electrons. The second-order valence-electron chi connectivity index (χ2n) is 7.01. The van der Waals surface area contributed by atoms with Crippen LogP contribution in [0.4, 0.5) is 5.69 Å². The summed E-state index contributed by atoms with van der Waals surface area (Å²) in [6.45, 7) is 6.16. The molecule has 1 heterocycles. The molecule has 0 aliphatic carbocycles. The fourth-order valence-corrected chi connectivity index (χ4v) is 2.97. The zero-order chi connectivity index (χ0) is 19.2. The number of rotatable bonds is 7. The Bertz CT molecular complexity index is 840. The minimum Gasteiger partial charge on any atom is -0.467 e. The summed E-state index contributed by atoms with van der Waals surface area (Å²) in [6.07, 6.45) is 1.65. The van der Waals surface area contributed by atoms with Gasteiger partial charge < -0.3 is 9.73 Å². The van der Waals surface area contributed by atoms with E-state index in [9.17, 15) is 4.79 Å². The maximum atomic E-state index is 12.7. The van der Waals surface area contributed by atoms with Crippen molar-refractivity contribution in [3.8, 4) is 0 Å². The molecule has 3 aromatic rings. The molecule has 0 aliphatic rings. The second kappa shape index (κ2) is 8.69. The van der Waals surface area contributed by atoms with Gasteiger partial charge in [-0.3, -0.25) is 10.1 Å². The van der Waals surface area contributed by atoms with Crippen LogP contribution in [0.15, 0.2) is 77.4 Å². The number of amides is 1. The maximum Gasteiger partial charge on any atom is 0.241 e. The summed E-state index contributed by atoms with van der Waals surface area (Å²) >= 11 is 0. The fraction of sp³-hybridized carbons (Fsp3) is 0.261. The van der Waals surface area contributed by atoms with Crippen molar-refractivity contribution in [2.24, 2.45) is 0 Å². The monoisotopic (exact) mass is 362 g/mol. The number of nitrogens with one attached hydrogen (secondary N) is 2. The van der Waals surface area contributed by atoms with Crippen LogP contribution >= 0.6 is 0 Å². The van der Waals surface area contributed by atoms with Crippen LogP contribution < -0.4 is 10.6 Å². The van der Waals surface area contributed by atoms with E-state index in [4.69, 9.17) is 4.42 Å². The Labute approximate surface area is 160 Å². The van der Waals surface area contributed by atoms with Gasteiger partial charge in [-0.15, -0.1) is 0 Å². The lowest BCUT2D eigenvalue weighted by molar-refractivity contribution is -0.117. The third-order valence-corrected chi connectivity index (χ3v) is 4.62. The summed E-state index contributed by atoms with van der Waals surface area (Å²) in [5, 5.41) is 6.36. The summed E-state index contributed by atoms with van der Waals surface area (Å²) in [6, 6.07) is 21.2. The van der Waals surface area contributed by atoms with Crippen molar-refractivity contribution in [2.45, 2.75) is 38.8 Å². The molecule has 2 N–H and O–H groups in total. The SMILES string of the molecule is CC(C)c1ccc(NC(=O)[C@@H](C)N[C@@H](c2ccccc2)c2ccco2)cc1. The van der Waals surface area contributed by atoms with Crippen LogP contribution in [0.2, 0.25) is 0 Å². The highest BCUT2D eigenvalue weighted by molar-refractivity contribution is 5.94. The van der Waals surface area contributed by atoms with Crippen LogP contribution in [0.25, 0.3) is 0 Å². The largest absolute Gasteiger partial charge is 0.467 e. The lowest BCUT2D eigenvalue weighted by Crippen LogP contribution is -2.40. The average Bonchev–Trinajstić information content (AvgIpc) is 3.21. The van der Waals surface area contributed by atoms with E-state index in [0.717, 1.165) is 17.0 Å². The first-order chi connectivity index (χ1) is 13.0. The average molecular weight is 362 g/mol. The van der Waals surface area contributed by atoms with Crippen LogP contribution in [0, 0.1) is 0 Å². The molecule has 0 bridgehead atoms. The van der Waals surface area contributed by atoms with E-state index in [2.05, 4.69) is 24.5 Å². The second-order valence-corrected chi connectivity index (χ2v) is 7.01. The molecule has 27 heavy (non-hydrogen) atoms.